The van der Waals surface area contributed by atoms with E-state index in [4.69, 9.17) is 5.11 Å². The number of hydrogen-bond donors (Lipinski definition) is 1. The van der Waals surface area contributed by atoms with E-state index in [-0.39, 0.29) is 5.92 Å². The lowest BCUT2D eigenvalue weighted by Crippen LogP contribution is -2.21. The molecule has 1 rings (SSSR count). The molecule has 1 aliphatic carbocycles. The first kappa shape index (κ1) is 8.57. The van der Waals surface area contributed by atoms with Gasteiger partial charge in [-0.1, -0.05) is 20.3 Å². The summed E-state index contributed by atoms with van der Waals surface area (Å²) in [6.45, 7) is 4.23. The van der Waals surface area contributed by atoms with Gasteiger partial charge in [-0.25, -0.2) is 0 Å². The molecule has 0 radical (unpaired) electrons. The number of rotatable bonds is 2. The van der Waals surface area contributed by atoms with Crippen molar-refractivity contribution in [1.82, 2.24) is 0 Å². The fraction of sp³-hybridized carbons (Fsp3) is 0.889. The molecule has 0 aromatic carbocycles. The summed E-state index contributed by atoms with van der Waals surface area (Å²) in [6, 6.07) is 0. The van der Waals surface area contributed by atoms with Gasteiger partial charge < -0.3 is 5.11 Å². The Morgan fingerprint density at radius 1 is 1.45 bits per heavy atom. The molecule has 2 heteroatoms. The summed E-state index contributed by atoms with van der Waals surface area (Å²) in [4.78, 5) is 10.7. The molecule has 1 aliphatic rings. The van der Waals surface area contributed by atoms with Crippen LogP contribution in [0, 0.1) is 17.8 Å². The largest absolute Gasteiger partial charge is 0.481 e. The molecular weight excluding hydrogens is 140 g/mol. The van der Waals surface area contributed by atoms with Crippen LogP contribution in [0.1, 0.15) is 33.1 Å². The molecule has 11 heavy (non-hydrogen) atoms. The van der Waals surface area contributed by atoms with Gasteiger partial charge in [0.25, 0.3) is 0 Å². The van der Waals surface area contributed by atoms with Crippen LogP contribution in [0.15, 0.2) is 0 Å². The summed E-state index contributed by atoms with van der Waals surface area (Å²) < 4.78 is 0. The van der Waals surface area contributed by atoms with E-state index in [0.29, 0.717) is 11.8 Å². The van der Waals surface area contributed by atoms with Crippen molar-refractivity contribution in [3.8, 4) is 0 Å². The van der Waals surface area contributed by atoms with Crippen LogP contribution in [-0.2, 0) is 4.79 Å². The molecule has 0 aromatic heterocycles. The first-order valence-electron chi connectivity index (χ1n) is 4.35. The Kier molecular flexibility index (Phi) is 2.53. The Bertz CT molecular complexity index is 152. The monoisotopic (exact) mass is 156 g/mol. The highest BCUT2D eigenvalue weighted by Crippen LogP contribution is 2.36. The highest BCUT2D eigenvalue weighted by molar-refractivity contribution is 5.70. The number of carboxylic acid groups (broad SMARTS) is 1. The van der Waals surface area contributed by atoms with Crippen molar-refractivity contribution in [3.63, 3.8) is 0 Å². The molecule has 64 valence electrons. The van der Waals surface area contributed by atoms with Crippen molar-refractivity contribution < 1.29 is 9.90 Å². The molecule has 1 saturated carbocycles. The fourth-order valence-corrected chi connectivity index (χ4v) is 2.09. The third kappa shape index (κ3) is 1.73. The van der Waals surface area contributed by atoms with Gasteiger partial charge in [-0.15, -0.1) is 0 Å². The Morgan fingerprint density at radius 3 is 2.45 bits per heavy atom. The summed E-state index contributed by atoms with van der Waals surface area (Å²) in [5.74, 6) is 0.294. The van der Waals surface area contributed by atoms with Crippen LogP contribution in [0.3, 0.4) is 0 Å². The SMILES string of the molecule is CC(C)C1CCC[C@@H]1C(=O)O. The highest BCUT2D eigenvalue weighted by Gasteiger charge is 2.34. The number of aliphatic carboxylic acids is 1. The predicted octanol–water partition coefficient (Wildman–Crippen LogP) is 2.14. The average Bonchev–Trinajstić information content (AvgIpc) is 2.32. The van der Waals surface area contributed by atoms with Crippen molar-refractivity contribution in [2.75, 3.05) is 0 Å². The van der Waals surface area contributed by atoms with E-state index in [9.17, 15) is 4.79 Å². The maximum Gasteiger partial charge on any atom is 0.306 e. The van der Waals surface area contributed by atoms with Gasteiger partial charge in [-0.2, -0.15) is 0 Å². The lowest BCUT2D eigenvalue weighted by atomic mass is 9.86. The van der Waals surface area contributed by atoms with Crippen LogP contribution < -0.4 is 0 Å². The Balaban J connectivity index is 2.58. The number of hydrogen-bond acceptors (Lipinski definition) is 1. The second-order valence-electron chi connectivity index (χ2n) is 3.78. The molecule has 0 heterocycles. The van der Waals surface area contributed by atoms with E-state index in [2.05, 4.69) is 13.8 Å². The van der Waals surface area contributed by atoms with E-state index in [1.54, 1.807) is 0 Å². The quantitative estimate of drug-likeness (QED) is 0.665. The lowest BCUT2D eigenvalue weighted by molar-refractivity contribution is -0.143. The molecule has 1 unspecified atom stereocenters. The zero-order chi connectivity index (χ0) is 8.43. The molecule has 0 bridgehead atoms. The molecule has 0 saturated heterocycles. The van der Waals surface area contributed by atoms with Gasteiger partial charge >= 0.3 is 5.97 Å². The third-order valence-electron chi connectivity index (χ3n) is 2.74. The van der Waals surface area contributed by atoms with Gasteiger partial charge in [0.15, 0.2) is 0 Å². The van der Waals surface area contributed by atoms with E-state index < -0.39 is 5.97 Å². The lowest BCUT2D eigenvalue weighted by Gasteiger charge is -2.18. The number of carboxylic acids is 1. The van der Waals surface area contributed by atoms with E-state index in [0.717, 1.165) is 19.3 Å². The van der Waals surface area contributed by atoms with Crippen molar-refractivity contribution in [2.24, 2.45) is 17.8 Å². The van der Waals surface area contributed by atoms with Crippen LogP contribution in [0.2, 0.25) is 0 Å². The van der Waals surface area contributed by atoms with Crippen LogP contribution in [0.5, 0.6) is 0 Å². The van der Waals surface area contributed by atoms with E-state index in [1.165, 1.54) is 0 Å². The molecule has 0 aromatic rings. The standard InChI is InChI=1S/C9H16O2/c1-6(2)7-4-3-5-8(7)9(10)11/h6-8H,3-5H2,1-2H3,(H,10,11)/t7?,8-/m0/s1. The maximum atomic E-state index is 10.7. The van der Waals surface area contributed by atoms with E-state index >= 15 is 0 Å². The van der Waals surface area contributed by atoms with Crippen molar-refractivity contribution in [3.05, 3.63) is 0 Å². The zero-order valence-corrected chi connectivity index (χ0v) is 7.21. The van der Waals surface area contributed by atoms with Gasteiger partial charge in [0.2, 0.25) is 0 Å². The van der Waals surface area contributed by atoms with E-state index in [1.807, 2.05) is 0 Å². The highest BCUT2D eigenvalue weighted by atomic mass is 16.4. The van der Waals surface area contributed by atoms with Crippen LogP contribution in [0.25, 0.3) is 0 Å². The molecular formula is C9H16O2. The second kappa shape index (κ2) is 3.24. The summed E-state index contributed by atoms with van der Waals surface area (Å²) in [7, 11) is 0. The van der Waals surface area contributed by atoms with Crippen LogP contribution in [0.4, 0.5) is 0 Å². The fourth-order valence-electron chi connectivity index (χ4n) is 2.09. The molecule has 2 nitrogen and oxygen atoms in total. The minimum atomic E-state index is -0.596. The Morgan fingerprint density at radius 2 is 2.09 bits per heavy atom. The average molecular weight is 156 g/mol. The van der Waals surface area contributed by atoms with Gasteiger partial charge in [0.1, 0.15) is 0 Å². The molecule has 0 amide bonds. The maximum absolute atomic E-state index is 10.7. The molecule has 1 fully saturated rings. The van der Waals surface area contributed by atoms with Gasteiger partial charge in [0, 0.05) is 0 Å². The second-order valence-corrected chi connectivity index (χ2v) is 3.78. The van der Waals surface area contributed by atoms with Gasteiger partial charge in [-0.3, -0.25) is 4.79 Å². The molecule has 0 aliphatic heterocycles. The molecule has 1 N–H and O–H groups in total. The smallest absolute Gasteiger partial charge is 0.306 e. The topological polar surface area (TPSA) is 37.3 Å². The number of carbonyl (C=O) groups is 1. The van der Waals surface area contributed by atoms with Crippen molar-refractivity contribution in [2.45, 2.75) is 33.1 Å². The predicted molar refractivity (Wildman–Crippen MR) is 43.3 cm³/mol. The summed E-state index contributed by atoms with van der Waals surface area (Å²) in [6.07, 6.45) is 3.09. The normalized spacial score (nSPS) is 31.2. The zero-order valence-electron chi connectivity index (χ0n) is 7.21. The minimum absolute atomic E-state index is 0.0602. The van der Waals surface area contributed by atoms with Crippen molar-refractivity contribution in [1.29, 1.82) is 0 Å². The van der Waals surface area contributed by atoms with Crippen molar-refractivity contribution >= 4 is 5.97 Å². The first-order chi connectivity index (χ1) is 5.13. The van der Waals surface area contributed by atoms with Crippen LogP contribution >= 0.6 is 0 Å². The Labute approximate surface area is 67.6 Å². The summed E-state index contributed by atoms with van der Waals surface area (Å²) in [5.41, 5.74) is 0. The summed E-state index contributed by atoms with van der Waals surface area (Å²) >= 11 is 0. The summed E-state index contributed by atoms with van der Waals surface area (Å²) in [5, 5.41) is 8.83. The van der Waals surface area contributed by atoms with Gasteiger partial charge in [-0.05, 0) is 24.7 Å². The third-order valence-corrected chi connectivity index (χ3v) is 2.74. The van der Waals surface area contributed by atoms with Gasteiger partial charge in [0.05, 0.1) is 5.92 Å². The molecule has 2 atom stereocenters. The van der Waals surface area contributed by atoms with Crippen LogP contribution in [-0.4, -0.2) is 11.1 Å². The Hall–Kier alpha value is -0.530. The first-order valence-corrected chi connectivity index (χ1v) is 4.35. The molecule has 0 spiro atoms. The minimum Gasteiger partial charge on any atom is -0.481 e.